The van der Waals surface area contributed by atoms with Gasteiger partial charge in [0, 0.05) is 17.6 Å². The zero-order valence-corrected chi connectivity index (χ0v) is 14.3. The van der Waals surface area contributed by atoms with Crippen molar-refractivity contribution in [2.75, 3.05) is 0 Å². The molecule has 0 bridgehead atoms. The van der Waals surface area contributed by atoms with Crippen molar-refractivity contribution in [3.63, 3.8) is 0 Å². The van der Waals surface area contributed by atoms with Gasteiger partial charge < -0.3 is 10.1 Å². The standard InChI is InChI=1S/C18H30FNO/c1-13(2)9-14(3)21-12-16-10-15(7-8-17(16)19)11-20-18(4,5)6/h7-8,10,13-14,20H,9,11-12H2,1-6H3. The molecule has 3 heteroatoms. The van der Waals surface area contributed by atoms with Crippen molar-refractivity contribution in [3.05, 3.63) is 35.1 Å². The molecule has 2 nitrogen and oxygen atoms in total. The summed E-state index contributed by atoms with van der Waals surface area (Å²) >= 11 is 0. The Kier molecular flexibility index (Phi) is 6.82. The molecule has 1 unspecified atom stereocenters. The second-order valence-corrected chi connectivity index (χ2v) is 7.28. The Morgan fingerprint density at radius 1 is 1.19 bits per heavy atom. The van der Waals surface area contributed by atoms with Gasteiger partial charge in [0.25, 0.3) is 0 Å². The number of nitrogens with one attached hydrogen (secondary N) is 1. The third-order valence-electron chi connectivity index (χ3n) is 3.26. The Balaban J connectivity index is 2.61. The van der Waals surface area contributed by atoms with Crippen LogP contribution in [0, 0.1) is 11.7 Å². The Bertz CT molecular complexity index is 437. The van der Waals surface area contributed by atoms with E-state index in [2.05, 4.69) is 39.9 Å². The summed E-state index contributed by atoms with van der Waals surface area (Å²) in [7, 11) is 0. The maximum absolute atomic E-state index is 13.9. The van der Waals surface area contributed by atoms with Crippen LogP contribution in [0.15, 0.2) is 18.2 Å². The van der Waals surface area contributed by atoms with Gasteiger partial charge in [-0.3, -0.25) is 0 Å². The second-order valence-electron chi connectivity index (χ2n) is 7.28. The summed E-state index contributed by atoms with van der Waals surface area (Å²) in [5.41, 5.74) is 1.77. The quantitative estimate of drug-likeness (QED) is 0.789. The summed E-state index contributed by atoms with van der Waals surface area (Å²) in [5.74, 6) is 0.401. The van der Waals surface area contributed by atoms with E-state index in [1.807, 2.05) is 19.1 Å². The molecule has 0 amide bonds. The summed E-state index contributed by atoms with van der Waals surface area (Å²) < 4.78 is 19.6. The first kappa shape index (κ1) is 18.1. The van der Waals surface area contributed by atoms with Crippen molar-refractivity contribution in [1.29, 1.82) is 0 Å². The molecule has 1 aromatic carbocycles. The van der Waals surface area contributed by atoms with E-state index in [0.29, 0.717) is 18.1 Å². The minimum absolute atomic E-state index is 0.0524. The summed E-state index contributed by atoms with van der Waals surface area (Å²) in [6, 6.07) is 5.26. The van der Waals surface area contributed by atoms with Gasteiger partial charge in [-0.2, -0.15) is 0 Å². The lowest BCUT2D eigenvalue weighted by Crippen LogP contribution is -2.35. The van der Waals surface area contributed by atoms with Crippen molar-refractivity contribution in [2.45, 2.75) is 72.8 Å². The number of halogens is 1. The normalized spacial score (nSPS) is 13.7. The minimum atomic E-state index is -0.189. The summed E-state index contributed by atoms with van der Waals surface area (Å²) in [6.45, 7) is 13.8. The molecule has 0 aromatic heterocycles. The molecule has 0 aliphatic carbocycles. The SMILES string of the molecule is CC(C)CC(C)OCc1cc(CNC(C)(C)C)ccc1F. The van der Waals surface area contributed by atoms with Gasteiger partial charge in [0.2, 0.25) is 0 Å². The highest BCUT2D eigenvalue weighted by atomic mass is 19.1. The van der Waals surface area contributed by atoms with Crippen LogP contribution in [0.25, 0.3) is 0 Å². The zero-order chi connectivity index (χ0) is 16.0. The van der Waals surface area contributed by atoms with Gasteiger partial charge in [0.1, 0.15) is 5.82 Å². The van der Waals surface area contributed by atoms with Crippen molar-refractivity contribution in [3.8, 4) is 0 Å². The number of hydrogen-bond acceptors (Lipinski definition) is 2. The van der Waals surface area contributed by atoms with E-state index in [9.17, 15) is 4.39 Å². The first-order valence-corrected chi connectivity index (χ1v) is 7.81. The van der Waals surface area contributed by atoms with Crippen LogP contribution in [0.1, 0.15) is 59.1 Å². The largest absolute Gasteiger partial charge is 0.374 e. The highest BCUT2D eigenvalue weighted by Gasteiger charge is 2.11. The molecule has 1 atom stereocenters. The van der Waals surface area contributed by atoms with E-state index >= 15 is 0 Å². The van der Waals surface area contributed by atoms with Crippen LogP contribution in [-0.2, 0) is 17.9 Å². The lowest BCUT2D eigenvalue weighted by molar-refractivity contribution is 0.0382. The van der Waals surface area contributed by atoms with E-state index in [-0.39, 0.29) is 17.5 Å². The van der Waals surface area contributed by atoms with Crippen molar-refractivity contribution >= 4 is 0 Å². The van der Waals surface area contributed by atoms with E-state index in [1.54, 1.807) is 0 Å². The van der Waals surface area contributed by atoms with Crippen LogP contribution in [0.5, 0.6) is 0 Å². The summed E-state index contributed by atoms with van der Waals surface area (Å²) in [6.07, 6.45) is 1.15. The van der Waals surface area contributed by atoms with Crippen LogP contribution in [0.2, 0.25) is 0 Å². The average Bonchev–Trinajstić information content (AvgIpc) is 2.34. The molecule has 0 aliphatic heterocycles. The molecular weight excluding hydrogens is 265 g/mol. The van der Waals surface area contributed by atoms with E-state index < -0.39 is 0 Å². The highest BCUT2D eigenvalue weighted by molar-refractivity contribution is 5.24. The average molecular weight is 295 g/mol. The molecule has 21 heavy (non-hydrogen) atoms. The fourth-order valence-electron chi connectivity index (χ4n) is 2.18. The molecule has 1 rings (SSSR count). The molecule has 0 saturated carbocycles. The van der Waals surface area contributed by atoms with Gasteiger partial charge in [0.05, 0.1) is 12.7 Å². The molecule has 1 aromatic rings. The first-order chi connectivity index (χ1) is 9.67. The van der Waals surface area contributed by atoms with Gasteiger partial charge in [-0.15, -0.1) is 0 Å². The van der Waals surface area contributed by atoms with Gasteiger partial charge in [-0.1, -0.05) is 19.9 Å². The zero-order valence-electron chi connectivity index (χ0n) is 14.3. The van der Waals surface area contributed by atoms with E-state index in [1.165, 1.54) is 6.07 Å². The van der Waals surface area contributed by atoms with Crippen molar-refractivity contribution in [1.82, 2.24) is 5.32 Å². The third-order valence-corrected chi connectivity index (χ3v) is 3.26. The Labute approximate surface area is 129 Å². The van der Waals surface area contributed by atoms with E-state index in [4.69, 9.17) is 4.74 Å². The lowest BCUT2D eigenvalue weighted by atomic mass is 10.1. The second kappa shape index (κ2) is 7.90. The monoisotopic (exact) mass is 295 g/mol. The molecule has 0 radical (unpaired) electrons. The van der Waals surface area contributed by atoms with Crippen LogP contribution < -0.4 is 5.32 Å². The number of hydrogen-bond donors (Lipinski definition) is 1. The molecular formula is C18H30FNO. The molecule has 120 valence electrons. The molecule has 0 aliphatic rings. The summed E-state index contributed by atoms with van der Waals surface area (Å²) in [4.78, 5) is 0. The van der Waals surface area contributed by atoms with Gasteiger partial charge in [0.15, 0.2) is 0 Å². The van der Waals surface area contributed by atoms with Gasteiger partial charge in [-0.25, -0.2) is 4.39 Å². The van der Waals surface area contributed by atoms with Crippen molar-refractivity contribution < 1.29 is 9.13 Å². The summed E-state index contributed by atoms with van der Waals surface area (Å²) in [5, 5.41) is 3.41. The topological polar surface area (TPSA) is 21.3 Å². The van der Waals surface area contributed by atoms with Gasteiger partial charge in [-0.05, 0) is 57.7 Å². The molecule has 0 saturated heterocycles. The number of ether oxygens (including phenoxy) is 1. The fraction of sp³-hybridized carbons (Fsp3) is 0.667. The Morgan fingerprint density at radius 3 is 2.43 bits per heavy atom. The van der Waals surface area contributed by atoms with Crippen LogP contribution in [-0.4, -0.2) is 11.6 Å². The van der Waals surface area contributed by atoms with E-state index in [0.717, 1.165) is 18.5 Å². The van der Waals surface area contributed by atoms with Crippen LogP contribution in [0.3, 0.4) is 0 Å². The smallest absolute Gasteiger partial charge is 0.128 e. The Morgan fingerprint density at radius 2 is 1.86 bits per heavy atom. The maximum atomic E-state index is 13.9. The predicted molar refractivity (Wildman–Crippen MR) is 86.7 cm³/mol. The fourth-order valence-corrected chi connectivity index (χ4v) is 2.18. The molecule has 1 N–H and O–H groups in total. The highest BCUT2D eigenvalue weighted by Crippen LogP contribution is 2.15. The van der Waals surface area contributed by atoms with Crippen LogP contribution in [0.4, 0.5) is 4.39 Å². The number of benzene rings is 1. The first-order valence-electron chi connectivity index (χ1n) is 7.81. The molecule has 0 fully saturated rings. The molecule has 0 spiro atoms. The molecule has 0 heterocycles. The van der Waals surface area contributed by atoms with Crippen LogP contribution >= 0.6 is 0 Å². The Hall–Kier alpha value is -0.930. The lowest BCUT2D eigenvalue weighted by Gasteiger charge is -2.21. The van der Waals surface area contributed by atoms with Gasteiger partial charge >= 0.3 is 0 Å². The van der Waals surface area contributed by atoms with Crippen molar-refractivity contribution in [2.24, 2.45) is 5.92 Å². The maximum Gasteiger partial charge on any atom is 0.128 e. The third kappa shape index (κ3) is 7.58. The number of rotatable bonds is 7. The predicted octanol–water partition coefficient (Wildman–Crippen LogP) is 4.67. The minimum Gasteiger partial charge on any atom is -0.374 e.